The number of ketones is 1. The summed E-state index contributed by atoms with van der Waals surface area (Å²) in [5.74, 6) is -2.24. The molecule has 2 aliphatic carbocycles. The first-order valence-electron chi connectivity index (χ1n) is 16.7. The minimum absolute atomic E-state index is 0.00340. The maximum Gasteiger partial charge on any atom is 0.315 e. The van der Waals surface area contributed by atoms with E-state index < -0.39 is 41.3 Å². The van der Waals surface area contributed by atoms with Gasteiger partial charge in [-0.25, -0.2) is 4.79 Å². The number of likely N-dealkylation sites (tertiary alicyclic amines) is 1. The Morgan fingerprint density at radius 3 is 2.18 bits per heavy atom. The molecular formula is C35H57N5O5. The zero-order chi connectivity index (χ0) is 33.7. The van der Waals surface area contributed by atoms with Crippen LogP contribution in [0.1, 0.15) is 99.8 Å². The molecule has 5 amide bonds. The molecule has 0 aromatic rings. The van der Waals surface area contributed by atoms with Gasteiger partial charge in [0.1, 0.15) is 12.1 Å². The molecule has 3 fully saturated rings. The lowest BCUT2D eigenvalue weighted by molar-refractivity contribution is -0.144. The number of carbonyl (C=O) groups excluding carboxylic acids is 5. The number of rotatable bonds is 14. The summed E-state index contributed by atoms with van der Waals surface area (Å²) in [5.41, 5.74) is -0.644. The van der Waals surface area contributed by atoms with Crippen molar-refractivity contribution in [2.24, 2.45) is 28.6 Å². The number of urea groups is 1. The summed E-state index contributed by atoms with van der Waals surface area (Å²) >= 11 is 0. The first-order valence-corrected chi connectivity index (χ1v) is 16.7. The molecular weight excluding hydrogens is 570 g/mol. The van der Waals surface area contributed by atoms with Crippen LogP contribution in [0, 0.1) is 28.6 Å². The molecule has 0 aromatic carbocycles. The fraction of sp³-hybridized carbons (Fsp3) is 0.743. The van der Waals surface area contributed by atoms with Crippen molar-refractivity contribution in [2.75, 3.05) is 13.1 Å². The van der Waals surface area contributed by atoms with Crippen LogP contribution in [-0.4, -0.2) is 71.2 Å². The second kappa shape index (κ2) is 14.5. The van der Waals surface area contributed by atoms with Crippen LogP contribution in [0.2, 0.25) is 0 Å². The molecule has 0 spiro atoms. The van der Waals surface area contributed by atoms with Crippen molar-refractivity contribution >= 4 is 29.5 Å². The van der Waals surface area contributed by atoms with Crippen molar-refractivity contribution in [2.45, 2.75) is 123 Å². The topological polar surface area (TPSA) is 137 Å². The van der Waals surface area contributed by atoms with E-state index in [1.54, 1.807) is 11.0 Å². The Labute approximate surface area is 270 Å². The summed E-state index contributed by atoms with van der Waals surface area (Å²) in [6.45, 7) is 22.3. The highest BCUT2D eigenvalue weighted by Gasteiger charge is 2.69. The predicted molar refractivity (Wildman–Crippen MR) is 176 cm³/mol. The first kappa shape index (κ1) is 36.3. The highest BCUT2D eigenvalue weighted by molar-refractivity contribution is 6.38. The van der Waals surface area contributed by atoms with Gasteiger partial charge in [0.15, 0.2) is 0 Å². The normalized spacial score (nSPS) is 24.0. The number of nitrogens with one attached hydrogen (secondary N) is 4. The third kappa shape index (κ3) is 9.19. The quantitative estimate of drug-likeness (QED) is 0.169. The fourth-order valence-corrected chi connectivity index (χ4v) is 7.92. The van der Waals surface area contributed by atoms with Crippen molar-refractivity contribution in [3.8, 4) is 0 Å². The summed E-state index contributed by atoms with van der Waals surface area (Å²) < 4.78 is 0. The van der Waals surface area contributed by atoms with Crippen molar-refractivity contribution < 1.29 is 24.0 Å². The molecule has 5 atom stereocenters. The minimum Gasteiger partial charge on any atom is -0.346 e. The Bertz CT molecular complexity index is 1150. The second-order valence-electron chi connectivity index (χ2n) is 15.8. The zero-order valence-corrected chi connectivity index (χ0v) is 28.6. The predicted octanol–water partition coefficient (Wildman–Crippen LogP) is 4.25. The Balaban J connectivity index is 1.85. The van der Waals surface area contributed by atoms with Gasteiger partial charge in [-0.15, -0.1) is 13.2 Å². The number of carbonyl (C=O) groups is 5. The van der Waals surface area contributed by atoms with Crippen LogP contribution in [-0.2, 0) is 19.2 Å². The van der Waals surface area contributed by atoms with E-state index in [2.05, 4.69) is 69.0 Å². The summed E-state index contributed by atoms with van der Waals surface area (Å²) in [4.78, 5) is 69.0. The first-order chi connectivity index (χ1) is 20.9. The molecule has 2 saturated carbocycles. The third-order valence-electron chi connectivity index (χ3n) is 9.78. The molecule has 1 aliphatic heterocycles. The zero-order valence-electron chi connectivity index (χ0n) is 28.6. The number of allylic oxidation sites excluding steroid dienone is 1. The van der Waals surface area contributed by atoms with Gasteiger partial charge in [-0.1, -0.05) is 66.0 Å². The Hall–Kier alpha value is -3.17. The van der Waals surface area contributed by atoms with E-state index >= 15 is 0 Å². The van der Waals surface area contributed by atoms with Gasteiger partial charge >= 0.3 is 6.03 Å². The van der Waals surface area contributed by atoms with Gasteiger partial charge in [0.25, 0.3) is 5.91 Å². The minimum atomic E-state index is -1.05. The van der Waals surface area contributed by atoms with Gasteiger partial charge < -0.3 is 26.2 Å². The van der Waals surface area contributed by atoms with Gasteiger partial charge in [0, 0.05) is 18.6 Å². The lowest BCUT2D eigenvalue weighted by Crippen LogP contribution is -2.61. The molecule has 4 N–H and O–H groups in total. The lowest BCUT2D eigenvalue weighted by Gasteiger charge is -2.38. The number of hydrogen-bond donors (Lipinski definition) is 4. The molecule has 1 heterocycles. The largest absolute Gasteiger partial charge is 0.346 e. The molecule has 0 bridgehead atoms. The van der Waals surface area contributed by atoms with E-state index in [0.717, 1.165) is 38.5 Å². The molecule has 0 aromatic heterocycles. The van der Waals surface area contributed by atoms with Crippen molar-refractivity contribution in [1.29, 1.82) is 0 Å². The summed E-state index contributed by atoms with van der Waals surface area (Å²) in [6.07, 6.45) is 9.19. The number of amides is 5. The molecule has 2 unspecified atom stereocenters. The van der Waals surface area contributed by atoms with Gasteiger partial charge in [-0.3, -0.25) is 19.2 Å². The molecule has 10 nitrogen and oxygen atoms in total. The van der Waals surface area contributed by atoms with E-state index in [1.165, 1.54) is 6.08 Å². The SMILES string of the molecule is C=CCCC(NC(=O)[C@@H]1[C@@H]2C(CN1C(=O)[C@@H](NC(=O)NC(C)(C)CC(C)(C)C)C1CCCCC1)C2(C)C)C(=O)C(=O)NCC=C. The summed E-state index contributed by atoms with van der Waals surface area (Å²) in [7, 11) is 0. The lowest BCUT2D eigenvalue weighted by atomic mass is 9.81. The van der Waals surface area contributed by atoms with Gasteiger partial charge in [0.2, 0.25) is 17.6 Å². The van der Waals surface area contributed by atoms with Crippen molar-refractivity contribution in [1.82, 2.24) is 26.2 Å². The van der Waals surface area contributed by atoms with E-state index in [-0.39, 0.29) is 53.5 Å². The average Bonchev–Trinajstić information content (AvgIpc) is 3.27. The number of fused-ring (bicyclic) bond motifs is 1. The molecule has 1 saturated heterocycles. The van der Waals surface area contributed by atoms with Crippen molar-refractivity contribution in [3.05, 3.63) is 25.3 Å². The monoisotopic (exact) mass is 627 g/mol. The highest BCUT2D eigenvalue weighted by Crippen LogP contribution is 2.65. The Kier molecular flexibility index (Phi) is 11.7. The van der Waals surface area contributed by atoms with Gasteiger partial charge in [-0.2, -0.15) is 0 Å². The number of nitrogens with zero attached hydrogens (tertiary/aromatic N) is 1. The highest BCUT2D eigenvalue weighted by atomic mass is 16.2. The Morgan fingerprint density at radius 1 is 0.956 bits per heavy atom. The third-order valence-corrected chi connectivity index (χ3v) is 9.78. The van der Waals surface area contributed by atoms with Crippen molar-refractivity contribution in [3.63, 3.8) is 0 Å². The molecule has 3 aliphatic rings. The summed E-state index contributed by atoms with van der Waals surface area (Å²) in [6, 6.07) is -3.02. The van der Waals surface area contributed by atoms with Gasteiger partial charge in [-0.05, 0) is 74.5 Å². The molecule has 3 rings (SSSR count). The smallest absolute Gasteiger partial charge is 0.315 e. The van der Waals surface area contributed by atoms with E-state index in [0.29, 0.717) is 13.0 Å². The van der Waals surface area contributed by atoms with Crippen LogP contribution in [0.4, 0.5) is 4.79 Å². The molecule has 0 radical (unpaired) electrons. The van der Waals surface area contributed by atoms with Crippen LogP contribution < -0.4 is 21.3 Å². The maximum atomic E-state index is 14.4. The molecule has 252 valence electrons. The second-order valence-corrected chi connectivity index (χ2v) is 15.8. The van der Waals surface area contributed by atoms with E-state index in [1.807, 2.05) is 13.8 Å². The van der Waals surface area contributed by atoms with Crippen LogP contribution in [0.3, 0.4) is 0 Å². The van der Waals surface area contributed by atoms with Crippen LogP contribution in [0.25, 0.3) is 0 Å². The van der Waals surface area contributed by atoms with E-state index in [9.17, 15) is 24.0 Å². The molecule has 45 heavy (non-hydrogen) atoms. The maximum absolute atomic E-state index is 14.4. The number of Topliss-reactive ketones (excluding diaryl/α,β-unsaturated/α-hetero) is 1. The summed E-state index contributed by atoms with van der Waals surface area (Å²) in [5, 5.41) is 11.4. The van der Waals surface area contributed by atoms with Crippen LogP contribution in [0.5, 0.6) is 0 Å². The van der Waals surface area contributed by atoms with Gasteiger partial charge in [0.05, 0.1) is 6.04 Å². The molecule has 10 heteroatoms. The van der Waals surface area contributed by atoms with Crippen LogP contribution >= 0.6 is 0 Å². The fourth-order valence-electron chi connectivity index (χ4n) is 7.92. The average molecular weight is 628 g/mol. The number of piperidine rings is 1. The Morgan fingerprint density at radius 2 is 1.60 bits per heavy atom. The van der Waals surface area contributed by atoms with E-state index in [4.69, 9.17) is 0 Å². The number of hydrogen-bond acceptors (Lipinski definition) is 5. The van der Waals surface area contributed by atoms with Crippen LogP contribution in [0.15, 0.2) is 25.3 Å². The standard InChI is InChI=1S/C35H57N5O5/c1-10-12-18-24(28(41)30(43)36-19-11-2)37-29(42)27-25-23(35(25,8)9)20-40(27)31(44)26(22-16-14-13-15-17-22)38-32(45)39-34(6,7)21-33(3,4)5/h10-11,22-27H,1-2,12-21H2,3-9H3,(H,36,43)(H,37,42)(H2,38,39,45)/t23?,24?,25-,26-,27-/m0/s1.